The van der Waals surface area contributed by atoms with Gasteiger partial charge in [0, 0.05) is 32.7 Å². The number of rotatable bonds is 5. The second kappa shape index (κ2) is 9.66. The van der Waals surface area contributed by atoms with Crippen LogP contribution in [0, 0.1) is 5.92 Å². The van der Waals surface area contributed by atoms with Crippen molar-refractivity contribution >= 4 is 28.3 Å². The van der Waals surface area contributed by atoms with Gasteiger partial charge in [0.05, 0.1) is 11.5 Å². The highest BCUT2D eigenvalue weighted by Crippen LogP contribution is 2.23. The number of benzene rings is 1. The standard InChI is InChI=1S/C17H25N3O4S.ClH/c21-17(16-13-18-8-11-24-16)19-12-14-6-9-20(10-7-14)25(22,23)15-4-2-1-3-5-15;/h1-5,14,16,18H,6-13H2,(H,19,21);1H. The maximum absolute atomic E-state index is 12.6. The molecule has 2 aliphatic rings. The second-order valence-corrected chi connectivity index (χ2v) is 8.41. The van der Waals surface area contributed by atoms with Crippen LogP contribution in [0.25, 0.3) is 0 Å². The number of morpholine rings is 1. The molecule has 7 nitrogen and oxygen atoms in total. The van der Waals surface area contributed by atoms with E-state index in [4.69, 9.17) is 4.74 Å². The highest BCUT2D eigenvalue weighted by molar-refractivity contribution is 7.89. The zero-order valence-electron chi connectivity index (χ0n) is 14.6. The van der Waals surface area contributed by atoms with Crippen molar-refractivity contribution < 1.29 is 17.9 Å². The summed E-state index contributed by atoms with van der Waals surface area (Å²) in [5.41, 5.74) is 0. The molecule has 2 aliphatic heterocycles. The fraction of sp³-hybridized carbons (Fsp3) is 0.588. The highest BCUT2D eigenvalue weighted by atomic mass is 35.5. The van der Waals surface area contributed by atoms with E-state index in [1.807, 2.05) is 0 Å². The first-order valence-electron chi connectivity index (χ1n) is 8.72. The van der Waals surface area contributed by atoms with Crippen LogP contribution in [0.3, 0.4) is 0 Å². The quantitative estimate of drug-likeness (QED) is 0.752. The molecule has 1 amide bonds. The largest absolute Gasteiger partial charge is 0.366 e. The average molecular weight is 404 g/mol. The van der Waals surface area contributed by atoms with E-state index in [9.17, 15) is 13.2 Å². The summed E-state index contributed by atoms with van der Waals surface area (Å²) < 4.78 is 32.2. The fourth-order valence-corrected chi connectivity index (χ4v) is 4.68. The Balaban J connectivity index is 0.00000243. The minimum absolute atomic E-state index is 0. The van der Waals surface area contributed by atoms with Gasteiger partial charge in [-0.25, -0.2) is 8.42 Å². The Morgan fingerprint density at radius 3 is 2.54 bits per heavy atom. The minimum Gasteiger partial charge on any atom is -0.366 e. The van der Waals surface area contributed by atoms with Crippen LogP contribution in [-0.4, -0.2) is 64.1 Å². The average Bonchev–Trinajstić information content (AvgIpc) is 2.68. The molecule has 2 N–H and O–H groups in total. The van der Waals surface area contributed by atoms with Crippen LogP contribution >= 0.6 is 12.4 Å². The summed E-state index contributed by atoms with van der Waals surface area (Å²) in [5.74, 6) is 0.203. The van der Waals surface area contributed by atoms with Gasteiger partial charge in [-0.15, -0.1) is 12.4 Å². The molecule has 26 heavy (non-hydrogen) atoms. The Bertz CT molecular complexity index is 673. The van der Waals surface area contributed by atoms with Crippen LogP contribution in [-0.2, 0) is 19.6 Å². The molecule has 0 saturated carbocycles. The molecule has 2 heterocycles. The van der Waals surface area contributed by atoms with Gasteiger partial charge in [0.25, 0.3) is 0 Å². The molecule has 1 atom stereocenters. The lowest BCUT2D eigenvalue weighted by atomic mass is 9.98. The second-order valence-electron chi connectivity index (χ2n) is 6.47. The van der Waals surface area contributed by atoms with Gasteiger partial charge < -0.3 is 15.4 Å². The number of ether oxygens (including phenoxy) is 1. The van der Waals surface area contributed by atoms with Crippen molar-refractivity contribution in [3.05, 3.63) is 30.3 Å². The molecule has 0 spiro atoms. The molecule has 0 bridgehead atoms. The molecule has 2 saturated heterocycles. The SMILES string of the molecule is Cl.O=C(NCC1CCN(S(=O)(=O)c2ccccc2)CC1)C1CNCCO1. The third kappa shape index (κ3) is 5.17. The molecule has 146 valence electrons. The first-order chi connectivity index (χ1) is 12.1. The first kappa shape index (κ1) is 21.1. The molecule has 0 aliphatic carbocycles. The van der Waals surface area contributed by atoms with Crippen LogP contribution in [0.2, 0.25) is 0 Å². The summed E-state index contributed by atoms with van der Waals surface area (Å²) in [6, 6.07) is 8.52. The van der Waals surface area contributed by atoms with Crippen molar-refractivity contribution in [3.8, 4) is 0 Å². The number of piperidine rings is 1. The summed E-state index contributed by atoms with van der Waals surface area (Å²) in [4.78, 5) is 12.4. The van der Waals surface area contributed by atoms with Gasteiger partial charge >= 0.3 is 0 Å². The normalized spacial score (nSPS) is 22.4. The molecule has 1 aromatic rings. The molecule has 1 unspecified atom stereocenters. The van der Waals surface area contributed by atoms with E-state index in [2.05, 4.69) is 10.6 Å². The van der Waals surface area contributed by atoms with Crippen LogP contribution in [0.1, 0.15) is 12.8 Å². The summed E-state index contributed by atoms with van der Waals surface area (Å²) in [6.45, 7) is 3.40. The van der Waals surface area contributed by atoms with Crippen molar-refractivity contribution in [1.82, 2.24) is 14.9 Å². The summed E-state index contributed by atoms with van der Waals surface area (Å²) in [6.07, 6.45) is 1.07. The maximum atomic E-state index is 12.6. The number of carbonyl (C=O) groups excluding carboxylic acids is 1. The number of nitrogens with one attached hydrogen (secondary N) is 2. The van der Waals surface area contributed by atoms with Crippen LogP contribution in [0.4, 0.5) is 0 Å². The van der Waals surface area contributed by atoms with Gasteiger partial charge in [0.2, 0.25) is 15.9 Å². The number of sulfonamides is 1. The fourth-order valence-electron chi connectivity index (χ4n) is 3.19. The zero-order valence-corrected chi connectivity index (χ0v) is 16.2. The number of carbonyl (C=O) groups is 1. The Morgan fingerprint density at radius 2 is 1.92 bits per heavy atom. The Morgan fingerprint density at radius 1 is 1.23 bits per heavy atom. The van der Waals surface area contributed by atoms with Crippen molar-refractivity contribution in [2.24, 2.45) is 5.92 Å². The predicted octanol–water partition coefficient (Wildman–Crippen LogP) is 0.614. The third-order valence-electron chi connectivity index (χ3n) is 4.74. The van der Waals surface area contributed by atoms with Gasteiger partial charge in [-0.1, -0.05) is 18.2 Å². The van der Waals surface area contributed by atoms with Crippen molar-refractivity contribution in [2.75, 3.05) is 39.3 Å². The molecule has 1 aromatic carbocycles. The van der Waals surface area contributed by atoms with E-state index < -0.39 is 16.1 Å². The molecular weight excluding hydrogens is 378 g/mol. The van der Waals surface area contributed by atoms with Gasteiger partial charge in [0.15, 0.2) is 0 Å². The molecule has 2 fully saturated rings. The van der Waals surface area contributed by atoms with Crippen LogP contribution in [0.5, 0.6) is 0 Å². The summed E-state index contributed by atoms with van der Waals surface area (Å²) >= 11 is 0. The van der Waals surface area contributed by atoms with Crippen molar-refractivity contribution in [2.45, 2.75) is 23.8 Å². The highest BCUT2D eigenvalue weighted by Gasteiger charge is 2.30. The van der Waals surface area contributed by atoms with Gasteiger partial charge in [-0.2, -0.15) is 4.31 Å². The van der Waals surface area contributed by atoms with Gasteiger partial charge in [-0.05, 0) is 30.9 Å². The molecular formula is C17H26ClN3O4S. The maximum Gasteiger partial charge on any atom is 0.250 e. The first-order valence-corrected chi connectivity index (χ1v) is 10.2. The summed E-state index contributed by atoms with van der Waals surface area (Å²) in [5, 5.41) is 6.07. The van der Waals surface area contributed by atoms with E-state index in [1.165, 1.54) is 4.31 Å². The van der Waals surface area contributed by atoms with E-state index >= 15 is 0 Å². The zero-order chi connectivity index (χ0) is 17.7. The van der Waals surface area contributed by atoms with E-state index in [1.54, 1.807) is 30.3 Å². The smallest absolute Gasteiger partial charge is 0.250 e. The lowest BCUT2D eigenvalue weighted by Gasteiger charge is -2.31. The van der Waals surface area contributed by atoms with Gasteiger partial charge in [-0.3, -0.25) is 4.79 Å². The lowest BCUT2D eigenvalue weighted by molar-refractivity contribution is -0.134. The van der Waals surface area contributed by atoms with Crippen LogP contribution in [0.15, 0.2) is 35.2 Å². The molecule has 0 radical (unpaired) electrons. The predicted molar refractivity (Wildman–Crippen MR) is 101 cm³/mol. The summed E-state index contributed by atoms with van der Waals surface area (Å²) in [7, 11) is -3.42. The van der Waals surface area contributed by atoms with Gasteiger partial charge in [0.1, 0.15) is 6.10 Å². The number of nitrogens with zero attached hydrogens (tertiary/aromatic N) is 1. The minimum atomic E-state index is -3.42. The monoisotopic (exact) mass is 403 g/mol. The van der Waals surface area contributed by atoms with E-state index in [-0.39, 0.29) is 18.3 Å². The van der Waals surface area contributed by atoms with E-state index in [0.717, 1.165) is 19.4 Å². The van der Waals surface area contributed by atoms with E-state index in [0.29, 0.717) is 43.6 Å². The Kier molecular flexibility index (Phi) is 7.85. The molecule has 0 aromatic heterocycles. The Hall–Kier alpha value is -1.19. The number of halogens is 1. The topological polar surface area (TPSA) is 87.7 Å². The number of hydrogen-bond donors (Lipinski definition) is 2. The number of amides is 1. The molecule has 3 rings (SSSR count). The van der Waals surface area contributed by atoms with Crippen molar-refractivity contribution in [3.63, 3.8) is 0 Å². The number of hydrogen-bond acceptors (Lipinski definition) is 5. The third-order valence-corrected chi connectivity index (χ3v) is 6.65. The lowest BCUT2D eigenvalue weighted by Crippen LogP contribution is -2.49. The Labute approximate surface area is 160 Å². The van der Waals surface area contributed by atoms with Crippen LogP contribution < -0.4 is 10.6 Å². The van der Waals surface area contributed by atoms with Crippen molar-refractivity contribution in [1.29, 1.82) is 0 Å². The molecule has 9 heteroatoms.